The Bertz CT molecular complexity index is 555. The van der Waals surface area contributed by atoms with E-state index in [1.165, 1.54) is 56.7 Å². The highest BCUT2D eigenvalue weighted by atomic mass is 19.4. The van der Waals surface area contributed by atoms with E-state index >= 15 is 0 Å². The maximum atomic E-state index is 13.4. The minimum absolute atomic E-state index is 0.225. The van der Waals surface area contributed by atoms with E-state index in [1.807, 2.05) is 0 Å². The molecule has 0 spiro atoms. The molecule has 0 N–H and O–H groups in total. The monoisotopic (exact) mass is 413 g/mol. The van der Waals surface area contributed by atoms with E-state index in [1.54, 1.807) is 4.90 Å². The Labute approximate surface area is 174 Å². The first-order valence-corrected chi connectivity index (χ1v) is 11.4. The molecule has 0 aliphatic rings. The van der Waals surface area contributed by atoms with Crippen LogP contribution >= 0.6 is 0 Å². The lowest BCUT2D eigenvalue weighted by atomic mass is 10.0. The van der Waals surface area contributed by atoms with Gasteiger partial charge in [-0.25, -0.2) is 0 Å². The van der Waals surface area contributed by atoms with E-state index in [9.17, 15) is 18.0 Å². The number of hydrogen-bond acceptors (Lipinski definition) is 1. The molecular weight excluding hydrogens is 375 g/mol. The van der Waals surface area contributed by atoms with Crippen molar-refractivity contribution in [1.82, 2.24) is 4.90 Å². The molecular formula is C24H38F3NO. The molecule has 1 aromatic rings. The fraction of sp³-hybridized carbons (Fsp3) is 0.708. The summed E-state index contributed by atoms with van der Waals surface area (Å²) in [5, 5.41) is 0. The number of benzene rings is 1. The lowest BCUT2D eigenvalue weighted by Gasteiger charge is -2.24. The quantitative estimate of drug-likeness (QED) is 0.268. The molecule has 0 unspecified atom stereocenters. The van der Waals surface area contributed by atoms with Crippen molar-refractivity contribution in [2.75, 3.05) is 13.1 Å². The van der Waals surface area contributed by atoms with Gasteiger partial charge in [0, 0.05) is 13.1 Å². The molecule has 1 amide bonds. The van der Waals surface area contributed by atoms with Crippen molar-refractivity contribution < 1.29 is 18.0 Å². The number of unbranched alkanes of at least 4 members (excludes halogenated alkanes) is 10. The minimum Gasteiger partial charge on any atom is -0.339 e. The molecule has 0 aliphatic carbocycles. The van der Waals surface area contributed by atoms with E-state index < -0.39 is 17.6 Å². The third-order valence-electron chi connectivity index (χ3n) is 5.31. The predicted molar refractivity (Wildman–Crippen MR) is 114 cm³/mol. The molecule has 166 valence electrons. The lowest BCUT2D eigenvalue weighted by molar-refractivity contribution is -0.138. The van der Waals surface area contributed by atoms with E-state index in [2.05, 4.69) is 13.8 Å². The van der Waals surface area contributed by atoms with Crippen LogP contribution in [0.15, 0.2) is 24.3 Å². The van der Waals surface area contributed by atoms with Crippen LogP contribution in [0.25, 0.3) is 0 Å². The lowest BCUT2D eigenvalue weighted by Crippen LogP contribution is -2.34. The van der Waals surface area contributed by atoms with Crippen LogP contribution in [-0.4, -0.2) is 23.9 Å². The van der Waals surface area contributed by atoms with Gasteiger partial charge in [-0.05, 0) is 25.0 Å². The molecule has 2 nitrogen and oxygen atoms in total. The molecule has 5 heteroatoms. The second-order valence-electron chi connectivity index (χ2n) is 7.87. The zero-order valence-electron chi connectivity index (χ0n) is 18.2. The number of alkyl halides is 3. The number of carbonyl (C=O) groups is 1. The Kier molecular flexibility index (Phi) is 12.7. The molecule has 29 heavy (non-hydrogen) atoms. The second kappa shape index (κ2) is 14.5. The smallest absolute Gasteiger partial charge is 0.339 e. The van der Waals surface area contributed by atoms with Gasteiger partial charge < -0.3 is 4.90 Å². The fourth-order valence-corrected chi connectivity index (χ4v) is 3.57. The Morgan fingerprint density at radius 2 is 1.21 bits per heavy atom. The van der Waals surface area contributed by atoms with Crippen LogP contribution < -0.4 is 0 Å². The van der Waals surface area contributed by atoms with Crippen LogP contribution in [0, 0.1) is 0 Å². The van der Waals surface area contributed by atoms with Gasteiger partial charge in [0.05, 0.1) is 11.1 Å². The summed E-state index contributed by atoms with van der Waals surface area (Å²) in [4.78, 5) is 14.6. The average molecular weight is 414 g/mol. The maximum Gasteiger partial charge on any atom is 0.417 e. The Hall–Kier alpha value is -1.52. The van der Waals surface area contributed by atoms with E-state index in [-0.39, 0.29) is 5.56 Å². The van der Waals surface area contributed by atoms with Crippen molar-refractivity contribution in [2.45, 2.75) is 97.1 Å². The molecule has 0 bridgehead atoms. The third kappa shape index (κ3) is 10.2. The molecule has 0 aromatic heterocycles. The van der Waals surface area contributed by atoms with Gasteiger partial charge in [-0.15, -0.1) is 0 Å². The first-order chi connectivity index (χ1) is 13.9. The van der Waals surface area contributed by atoms with Crippen LogP contribution in [-0.2, 0) is 6.18 Å². The molecule has 1 rings (SSSR count). The average Bonchev–Trinajstić information content (AvgIpc) is 2.70. The normalized spacial score (nSPS) is 11.6. The van der Waals surface area contributed by atoms with Crippen molar-refractivity contribution >= 4 is 5.91 Å². The summed E-state index contributed by atoms with van der Waals surface area (Å²) >= 11 is 0. The highest BCUT2D eigenvalue weighted by Crippen LogP contribution is 2.32. The number of amides is 1. The van der Waals surface area contributed by atoms with Crippen LogP contribution in [0.2, 0.25) is 0 Å². The third-order valence-corrected chi connectivity index (χ3v) is 5.31. The molecule has 0 atom stereocenters. The molecule has 1 aromatic carbocycles. The first kappa shape index (κ1) is 25.5. The molecule has 0 heterocycles. The maximum absolute atomic E-state index is 13.4. The van der Waals surface area contributed by atoms with E-state index in [0.717, 1.165) is 44.6 Å². The van der Waals surface area contributed by atoms with Gasteiger partial charge in [0.25, 0.3) is 5.91 Å². The first-order valence-electron chi connectivity index (χ1n) is 11.4. The number of rotatable bonds is 15. The summed E-state index contributed by atoms with van der Waals surface area (Å²) in [7, 11) is 0. The van der Waals surface area contributed by atoms with Gasteiger partial charge in [-0.3, -0.25) is 4.79 Å². The zero-order valence-corrected chi connectivity index (χ0v) is 18.2. The van der Waals surface area contributed by atoms with E-state index in [4.69, 9.17) is 0 Å². The van der Waals surface area contributed by atoms with Gasteiger partial charge in [0.15, 0.2) is 0 Å². The van der Waals surface area contributed by atoms with Gasteiger partial charge in [-0.2, -0.15) is 13.2 Å². The van der Waals surface area contributed by atoms with Crippen molar-refractivity contribution in [1.29, 1.82) is 0 Å². The topological polar surface area (TPSA) is 20.3 Å². The van der Waals surface area contributed by atoms with Gasteiger partial charge in [0.1, 0.15) is 0 Å². The number of carbonyl (C=O) groups excluding carboxylic acids is 1. The fourth-order valence-electron chi connectivity index (χ4n) is 3.57. The highest BCUT2D eigenvalue weighted by molar-refractivity contribution is 5.95. The summed E-state index contributed by atoms with van der Waals surface area (Å²) in [6, 6.07) is 5.16. The summed E-state index contributed by atoms with van der Waals surface area (Å²) < 4.78 is 40.1. The Morgan fingerprint density at radius 1 is 0.759 bits per heavy atom. The summed E-state index contributed by atoms with van der Waals surface area (Å²) in [6.45, 7) is 5.40. The standard InChI is InChI=1S/C24H38F3NO/c1-3-5-7-9-11-15-19-28(20-16-12-10-8-6-4-2)23(29)21-17-13-14-18-22(21)24(25,26)27/h13-14,17-18H,3-12,15-16,19-20H2,1-2H3. The van der Waals surface area contributed by atoms with Crippen molar-refractivity contribution in [3.8, 4) is 0 Å². The van der Waals surface area contributed by atoms with Crippen molar-refractivity contribution in [2.24, 2.45) is 0 Å². The van der Waals surface area contributed by atoms with Gasteiger partial charge in [0.2, 0.25) is 0 Å². The van der Waals surface area contributed by atoms with Crippen LogP contribution in [0.1, 0.15) is 107 Å². The zero-order chi connectivity index (χ0) is 21.5. The number of hydrogen-bond donors (Lipinski definition) is 0. The van der Waals surface area contributed by atoms with Crippen molar-refractivity contribution in [3.05, 3.63) is 35.4 Å². The van der Waals surface area contributed by atoms with Crippen molar-refractivity contribution in [3.63, 3.8) is 0 Å². The largest absolute Gasteiger partial charge is 0.417 e. The van der Waals surface area contributed by atoms with Crippen LogP contribution in [0.4, 0.5) is 13.2 Å². The highest BCUT2D eigenvalue weighted by Gasteiger charge is 2.35. The van der Waals surface area contributed by atoms with Crippen LogP contribution in [0.5, 0.6) is 0 Å². The molecule has 0 radical (unpaired) electrons. The molecule has 0 saturated carbocycles. The summed E-state index contributed by atoms with van der Waals surface area (Å²) in [6.07, 6.45) is 8.57. The summed E-state index contributed by atoms with van der Waals surface area (Å²) in [5.74, 6) is -0.486. The van der Waals surface area contributed by atoms with Gasteiger partial charge >= 0.3 is 6.18 Å². The second-order valence-corrected chi connectivity index (χ2v) is 7.87. The number of halogens is 3. The Balaban J connectivity index is 2.72. The van der Waals surface area contributed by atoms with Gasteiger partial charge in [-0.1, -0.05) is 90.2 Å². The van der Waals surface area contributed by atoms with Crippen LogP contribution in [0.3, 0.4) is 0 Å². The summed E-state index contributed by atoms with van der Waals surface area (Å²) in [5.41, 5.74) is -1.06. The SMILES string of the molecule is CCCCCCCCN(CCCCCCCC)C(=O)c1ccccc1C(F)(F)F. The number of nitrogens with zero attached hydrogens (tertiary/aromatic N) is 1. The Morgan fingerprint density at radius 3 is 1.69 bits per heavy atom. The minimum atomic E-state index is -4.52. The molecule has 0 aliphatic heterocycles. The molecule has 0 fully saturated rings. The van der Waals surface area contributed by atoms with E-state index in [0.29, 0.717) is 13.1 Å². The predicted octanol–water partition coefficient (Wildman–Crippen LogP) is 7.87. The molecule has 0 saturated heterocycles.